The van der Waals surface area contributed by atoms with Gasteiger partial charge in [-0.3, -0.25) is 0 Å². The minimum Gasteiger partial charge on any atom is -0.171 e. The Bertz CT molecular complexity index is 163. The van der Waals surface area contributed by atoms with E-state index in [4.69, 9.17) is 0 Å². The van der Waals surface area contributed by atoms with E-state index in [1.54, 1.807) is 6.08 Å². The number of hydrogen-bond acceptors (Lipinski definition) is 0. The van der Waals surface area contributed by atoms with Crippen molar-refractivity contribution in [2.75, 3.05) is 0 Å². The topological polar surface area (TPSA) is 0 Å². The second kappa shape index (κ2) is 4.77. The molecule has 0 aliphatic rings. The second-order valence-electron chi connectivity index (χ2n) is 1.87. The van der Waals surface area contributed by atoms with Crippen molar-refractivity contribution in [3.8, 4) is 0 Å². The minimum absolute atomic E-state index is 0.880. The van der Waals surface area contributed by atoms with Crippen LogP contribution in [-0.4, -0.2) is 6.18 Å². The molecule has 11 heavy (non-hydrogen) atoms. The number of alkyl halides is 3. The first-order valence-corrected chi connectivity index (χ1v) is 3.07. The molecule has 0 saturated heterocycles. The van der Waals surface area contributed by atoms with E-state index in [9.17, 15) is 13.2 Å². The van der Waals surface area contributed by atoms with Crippen LogP contribution in [0.2, 0.25) is 0 Å². The summed E-state index contributed by atoms with van der Waals surface area (Å²) < 4.78 is 34.4. The molecule has 3 heteroatoms. The van der Waals surface area contributed by atoms with Crippen LogP contribution >= 0.6 is 0 Å². The fraction of sp³-hybridized carbons (Fsp3) is 0.250. The molecule has 0 radical (unpaired) electrons. The van der Waals surface area contributed by atoms with Crippen LogP contribution in [0.5, 0.6) is 0 Å². The third-order valence-corrected chi connectivity index (χ3v) is 0.844. The Hall–Kier alpha value is -0.990. The maximum absolute atomic E-state index is 11.5. The first kappa shape index (κ1) is 10.0. The van der Waals surface area contributed by atoms with Crippen LogP contribution in [0.1, 0.15) is 6.42 Å². The summed E-state index contributed by atoms with van der Waals surface area (Å²) >= 11 is 0. The molecule has 62 valence electrons. The van der Waals surface area contributed by atoms with Gasteiger partial charge in [0.2, 0.25) is 0 Å². The molecule has 0 fully saturated rings. The Labute approximate surface area is 63.7 Å². The van der Waals surface area contributed by atoms with Gasteiger partial charge in [-0.25, -0.2) is 0 Å². The van der Waals surface area contributed by atoms with E-state index in [2.05, 4.69) is 6.58 Å². The molecule has 0 aliphatic carbocycles. The molecule has 0 aromatic carbocycles. The SMILES string of the molecule is C=C/C=C\C=C/CC(F)(F)F. The molecule has 0 spiro atoms. The highest BCUT2D eigenvalue weighted by Gasteiger charge is 2.24. The summed E-state index contributed by atoms with van der Waals surface area (Å²) in [5.41, 5.74) is 0. The molecule has 0 amide bonds. The van der Waals surface area contributed by atoms with Crippen molar-refractivity contribution in [2.45, 2.75) is 12.6 Å². The molecular weight excluding hydrogens is 153 g/mol. The third kappa shape index (κ3) is 9.01. The minimum atomic E-state index is -4.10. The average Bonchev–Trinajstić information content (AvgIpc) is 1.85. The molecule has 0 bridgehead atoms. The smallest absolute Gasteiger partial charge is 0.171 e. The van der Waals surface area contributed by atoms with Gasteiger partial charge in [0.05, 0.1) is 6.42 Å². The third-order valence-electron chi connectivity index (χ3n) is 0.844. The molecule has 0 aliphatic heterocycles. The summed E-state index contributed by atoms with van der Waals surface area (Å²) in [4.78, 5) is 0. The molecule has 0 rings (SSSR count). The highest BCUT2D eigenvalue weighted by atomic mass is 19.4. The lowest BCUT2D eigenvalue weighted by molar-refractivity contribution is -0.125. The zero-order valence-corrected chi connectivity index (χ0v) is 5.93. The van der Waals surface area contributed by atoms with Gasteiger partial charge in [-0.05, 0) is 0 Å². The summed E-state index contributed by atoms with van der Waals surface area (Å²) in [6.07, 6.45) is 1.98. The molecule has 0 unspecified atom stereocenters. The second-order valence-corrected chi connectivity index (χ2v) is 1.87. The zero-order valence-electron chi connectivity index (χ0n) is 5.93. The normalized spacial score (nSPS) is 13.0. The van der Waals surface area contributed by atoms with Gasteiger partial charge in [0.15, 0.2) is 0 Å². The van der Waals surface area contributed by atoms with Gasteiger partial charge in [-0.1, -0.05) is 37.0 Å². The molecular formula is C8H9F3. The van der Waals surface area contributed by atoms with E-state index in [1.165, 1.54) is 18.2 Å². The van der Waals surface area contributed by atoms with Crippen LogP contribution in [0.4, 0.5) is 13.2 Å². The summed E-state index contributed by atoms with van der Waals surface area (Å²) in [6, 6.07) is 0. The van der Waals surface area contributed by atoms with E-state index in [0.29, 0.717) is 0 Å². The van der Waals surface area contributed by atoms with Crippen LogP contribution in [0, 0.1) is 0 Å². The fourth-order valence-electron chi connectivity index (χ4n) is 0.423. The number of hydrogen-bond donors (Lipinski definition) is 0. The Balaban J connectivity index is 3.61. The van der Waals surface area contributed by atoms with E-state index in [-0.39, 0.29) is 0 Å². The Morgan fingerprint density at radius 3 is 2.18 bits per heavy atom. The van der Waals surface area contributed by atoms with Crippen LogP contribution in [0.15, 0.2) is 37.0 Å². The lowest BCUT2D eigenvalue weighted by Crippen LogP contribution is -2.03. The molecule has 0 aromatic heterocycles. The summed E-state index contributed by atoms with van der Waals surface area (Å²) in [6.45, 7) is 3.36. The molecule has 0 nitrogen and oxygen atoms in total. The van der Waals surface area contributed by atoms with Gasteiger partial charge in [-0.15, -0.1) is 0 Å². The largest absolute Gasteiger partial charge is 0.392 e. The van der Waals surface area contributed by atoms with Crippen LogP contribution in [-0.2, 0) is 0 Å². The van der Waals surface area contributed by atoms with Gasteiger partial charge in [-0.2, -0.15) is 13.2 Å². The lowest BCUT2D eigenvalue weighted by atomic mass is 10.3. The zero-order chi connectivity index (χ0) is 8.74. The first-order chi connectivity index (χ1) is 5.06. The number of allylic oxidation sites excluding steroid dienone is 5. The summed E-state index contributed by atoms with van der Waals surface area (Å²) in [7, 11) is 0. The lowest BCUT2D eigenvalue weighted by Gasteiger charge is -1.98. The molecule has 0 saturated carbocycles. The molecule has 0 N–H and O–H groups in total. The van der Waals surface area contributed by atoms with Gasteiger partial charge in [0.1, 0.15) is 0 Å². The van der Waals surface area contributed by atoms with Gasteiger partial charge in [0, 0.05) is 0 Å². The Kier molecular flexibility index (Phi) is 4.34. The maximum atomic E-state index is 11.5. The molecule has 0 atom stereocenters. The highest BCUT2D eigenvalue weighted by molar-refractivity contribution is 5.08. The molecule has 0 aromatic rings. The first-order valence-electron chi connectivity index (χ1n) is 3.07. The van der Waals surface area contributed by atoms with Crippen molar-refractivity contribution in [3.63, 3.8) is 0 Å². The quantitative estimate of drug-likeness (QED) is 0.559. The summed E-state index contributed by atoms with van der Waals surface area (Å²) in [5.74, 6) is 0. The molecule has 0 heterocycles. The van der Waals surface area contributed by atoms with Crippen molar-refractivity contribution >= 4 is 0 Å². The van der Waals surface area contributed by atoms with Gasteiger partial charge >= 0.3 is 6.18 Å². The summed E-state index contributed by atoms with van der Waals surface area (Å²) in [5, 5.41) is 0. The van der Waals surface area contributed by atoms with Crippen LogP contribution in [0.25, 0.3) is 0 Å². The van der Waals surface area contributed by atoms with Crippen molar-refractivity contribution in [2.24, 2.45) is 0 Å². The number of rotatable bonds is 3. The van der Waals surface area contributed by atoms with Gasteiger partial charge < -0.3 is 0 Å². The van der Waals surface area contributed by atoms with Crippen LogP contribution in [0.3, 0.4) is 0 Å². The van der Waals surface area contributed by atoms with Crippen LogP contribution < -0.4 is 0 Å². The standard InChI is InChI=1S/C8H9F3/c1-2-3-4-5-6-7-8(9,10)11/h2-6H,1,7H2/b4-3-,6-5-. The Morgan fingerprint density at radius 2 is 1.73 bits per heavy atom. The van der Waals surface area contributed by atoms with Crippen molar-refractivity contribution in [3.05, 3.63) is 37.0 Å². The van der Waals surface area contributed by atoms with Crippen molar-refractivity contribution < 1.29 is 13.2 Å². The van der Waals surface area contributed by atoms with Crippen molar-refractivity contribution in [1.82, 2.24) is 0 Å². The average molecular weight is 162 g/mol. The van der Waals surface area contributed by atoms with E-state index < -0.39 is 12.6 Å². The van der Waals surface area contributed by atoms with Crippen molar-refractivity contribution in [1.29, 1.82) is 0 Å². The van der Waals surface area contributed by atoms with E-state index in [1.807, 2.05) is 0 Å². The fourth-order valence-corrected chi connectivity index (χ4v) is 0.423. The maximum Gasteiger partial charge on any atom is 0.392 e. The van der Waals surface area contributed by atoms with Gasteiger partial charge in [0.25, 0.3) is 0 Å². The monoisotopic (exact) mass is 162 g/mol. The Morgan fingerprint density at radius 1 is 1.09 bits per heavy atom. The predicted molar refractivity (Wildman–Crippen MR) is 39.1 cm³/mol. The number of halogens is 3. The predicted octanol–water partition coefficient (Wildman–Crippen LogP) is 3.24. The highest BCUT2D eigenvalue weighted by Crippen LogP contribution is 2.19. The van der Waals surface area contributed by atoms with E-state index >= 15 is 0 Å². The van der Waals surface area contributed by atoms with E-state index in [0.717, 1.165) is 6.08 Å².